The minimum atomic E-state index is -1.25. The molecule has 1 aliphatic rings. The van der Waals surface area contributed by atoms with Gasteiger partial charge < -0.3 is 9.05 Å². The molecule has 0 aliphatic carbocycles. The summed E-state index contributed by atoms with van der Waals surface area (Å²) in [6, 6.07) is 13.4. The summed E-state index contributed by atoms with van der Waals surface area (Å²) in [7, 11) is 2.52. The van der Waals surface area contributed by atoms with Gasteiger partial charge in [0.25, 0.3) is 8.53 Å². The molecular formula is C20H31N2O2PS2. The topological polar surface area (TPSA) is 45.5 Å². The maximum atomic E-state index is 8.91. The highest BCUT2D eigenvalue weighted by Crippen LogP contribution is 2.63. The van der Waals surface area contributed by atoms with Gasteiger partial charge in [-0.05, 0) is 47.1 Å². The van der Waals surface area contributed by atoms with Crippen LogP contribution >= 0.6 is 30.1 Å². The number of rotatable bonds is 9. The predicted octanol–water partition coefficient (Wildman–Crippen LogP) is 6.56. The normalized spacial score (nSPS) is 23.1. The zero-order valence-electron chi connectivity index (χ0n) is 17.1. The standard InChI is InChI=1S/C20H31N2O2PS2/c1-15(2)22(16(3)4)25(23-14-10-13-21)24-19-18(26-27-20(19,5)6)17-11-8-7-9-12-17/h7-9,11-12,15-16,18-19H,10,14H2,1-6H3/t18-,19-,25?/m0/s1. The molecule has 1 heterocycles. The molecule has 27 heavy (non-hydrogen) atoms. The molecule has 1 saturated heterocycles. The lowest BCUT2D eigenvalue weighted by Crippen LogP contribution is -2.39. The Balaban J connectivity index is 2.27. The van der Waals surface area contributed by atoms with E-state index < -0.39 is 8.53 Å². The quantitative estimate of drug-likeness (QED) is 0.253. The van der Waals surface area contributed by atoms with Gasteiger partial charge in [0.1, 0.15) is 0 Å². The van der Waals surface area contributed by atoms with E-state index in [9.17, 15) is 0 Å². The second-order valence-electron chi connectivity index (χ2n) is 7.69. The van der Waals surface area contributed by atoms with Crippen LogP contribution in [0.15, 0.2) is 30.3 Å². The largest absolute Gasteiger partial charge is 0.321 e. The van der Waals surface area contributed by atoms with Gasteiger partial charge in [-0.3, -0.25) is 0 Å². The fraction of sp³-hybridized carbons (Fsp3) is 0.650. The molecule has 0 aromatic heterocycles. The molecule has 3 atom stereocenters. The first-order valence-corrected chi connectivity index (χ1v) is 12.8. The molecule has 1 aromatic carbocycles. The van der Waals surface area contributed by atoms with Crippen LogP contribution in [0, 0.1) is 11.3 Å². The summed E-state index contributed by atoms with van der Waals surface area (Å²) in [5, 5.41) is 9.17. The van der Waals surface area contributed by atoms with Gasteiger partial charge in [0.15, 0.2) is 0 Å². The Morgan fingerprint density at radius 3 is 2.37 bits per heavy atom. The van der Waals surface area contributed by atoms with Crippen molar-refractivity contribution in [1.29, 1.82) is 5.26 Å². The van der Waals surface area contributed by atoms with E-state index in [0.717, 1.165) is 0 Å². The average Bonchev–Trinajstić information content (AvgIpc) is 2.90. The second kappa shape index (κ2) is 10.5. The van der Waals surface area contributed by atoms with Crippen LogP contribution in [0.1, 0.15) is 58.8 Å². The van der Waals surface area contributed by atoms with Crippen molar-refractivity contribution in [1.82, 2.24) is 4.67 Å². The molecule has 0 N–H and O–H groups in total. The van der Waals surface area contributed by atoms with Crippen LogP contribution < -0.4 is 0 Å². The molecule has 0 amide bonds. The summed E-state index contributed by atoms with van der Waals surface area (Å²) in [6.45, 7) is 13.6. The minimum Gasteiger partial charge on any atom is -0.321 e. The molecule has 7 heteroatoms. The van der Waals surface area contributed by atoms with Crippen molar-refractivity contribution >= 4 is 30.1 Å². The molecule has 1 unspecified atom stereocenters. The predicted molar refractivity (Wildman–Crippen MR) is 119 cm³/mol. The van der Waals surface area contributed by atoms with E-state index in [1.807, 2.05) is 21.6 Å². The minimum absolute atomic E-state index is 0.0238. The van der Waals surface area contributed by atoms with Crippen molar-refractivity contribution in [3.63, 3.8) is 0 Å². The number of nitriles is 1. The Bertz CT molecular complexity index is 614. The zero-order chi connectivity index (χ0) is 20.0. The van der Waals surface area contributed by atoms with Gasteiger partial charge in [-0.15, -0.1) is 0 Å². The van der Waals surface area contributed by atoms with Crippen LogP contribution in [0.2, 0.25) is 0 Å². The molecule has 0 radical (unpaired) electrons. The molecule has 2 rings (SSSR count). The highest BCUT2D eigenvalue weighted by molar-refractivity contribution is 8.77. The fourth-order valence-corrected chi connectivity index (χ4v) is 8.58. The third-order valence-electron chi connectivity index (χ3n) is 4.32. The lowest BCUT2D eigenvalue weighted by atomic mass is 9.98. The van der Waals surface area contributed by atoms with E-state index in [1.54, 1.807) is 0 Å². The smallest absolute Gasteiger partial charge is 0.259 e. The van der Waals surface area contributed by atoms with Crippen molar-refractivity contribution < 1.29 is 9.05 Å². The van der Waals surface area contributed by atoms with E-state index in [1.165, 1.54) is 5.56 Å². The third-order valence-corrected chi connectivity index (χ3v) is 10.1. The Labute approximate surface area is 173 Å². The van der Waals surface area contributed by atoms with Gasteiger partial charge in [0, 0.05) is 16.8 Å². The molecule has 0 bridgehead atoms. The maximum Gasteiger partial charge on any atom is 0.259 e. The van der Waals surface area contributed by atoms with Crippen molar-refractivity contribution in [2.45, 2.75) is 76.1 Å². The lowest BCUT2D eigenvalue weighted by Gasteiger charge is -2.39. The van der Waals surface area contributed by atoms with Crippen LogP contribution in [0.25, 0.3) is 0 Å². The Hall–Kier alpha value is -0.280. The number of hydrogen-bond donors (Lipinski definition) is 0. The van der Waals surface area contributed by atoms with E-state index in [4.69, 9.17) is 14.3 Å². The van der Waals surface area contributed by atoms with Crippen molar-refractivity contribution in [2.24, 2.45) is 0 Å². The second-order valence-corrected chi connectivity index (χ2v) is 12.1. The fourth-order valence-electron chi connectivity index (χ4n) is 3.08. The number of hydrogen-bond acceptors (Lipinski definition) is 6. The molecule has 150 valence electrons. The van der Waals surface area contributed by atoms with Gasteiger partial charge in [0.05, 0.1) is 30.5 Å². The van der Waals surface area contributed by atoms with Gasteiger partial charge in [-0.25, -0.2) is 4.67 Å². The summed E-state index contributed by atoms with van der Waals surface area (Å²) in [5.74, 6) is 0. The van der Waals surface area contributed by atoms with Crippen molar-refractivity contribution in [3.8, 4) is 6.07 Å². The van der Waals surface area contributed by atoms with Crippen molar-refractivity contribution in [3.05, 3.63) is 35.9 Å². The third kappa shape index (κ3) is 6.10. The first-order valence-electron chi connectivity index (χ1n) is 9.42. The highest BCUT2D eigenvalue weighted by atomic mass is 33.1. The summed E-state index contributed by atoms with van der Waals surface area (Å²) < 4.78 is 15.2. The van der Waals surface area contributed by atoms with E-state index in [-0.39, 0.29) is 16.1 Å². The van der Waals surface area contributed by atoms with Gasteiger partial charge in [-0.1, -0.05) is 51.9 Å². The van der Waals surface area contributed by atoms with Crippen LogP contribution in [0.5, 0.6) is 0 Å². The Morgan fingerprint density at radius 1 is 1.19 bits per heavy atom. The summed E-state index contributed by atoms with van der Waals surface area (Å²) in [5.41, 5.74) is 1.29. The number of nitrogens with zero attached hydrogens (tertiary/aromatic N) is 2. The van der Waals surface area contributed by atoms with E-state index in [0.29, 0.717) is 25.1 Å². The molecule has 1 aliphatic heterocycles. The first kappa shape index (κ1) is 23.0. The maximum absolute atomic E-state index is 8.91. The van der Waals surface area contributed by atoms with E-state index in [2.05, 4.69) is 82.6 Å². The molecular weight excluding hydrogens is 395 g/mol. The van der Waals surface area contributed by atoms with Gasteiger partial charge >= 0.3 is 0 Å². The molecule has 1 aromatic rings. The lowest BCUT2D eigenvalue weighted by molar-refractivity contribution is 0.114. The summed E-state index contributed by atoms with van der Waals surface area (Å²) >= 11 is 0. The molecule has 1 fully saturated rings. The summed E-state index contributed by atoms with van der Waals surface area (Å²) in [6.07, 6.45) is 0.411. The molecule has 0 saturated carbocycles. The van der Waals surface area contributed by atoms with Crippen LogP contribution in [0.4, 0.5) is 0 Å². The van der Waals surface area contributed by atoms with Crippen LogP contribution in [-0.2, 0) is 9.05 Å². The number of benzene rings is 1. The van der Waals surface area contributed by atoms with E-state index >= 15 is 0 Å². The molecule has 4 nitrogen and oxygen atoms in total. The van der Waals surface area contributed by atoms with Crippen LogP contribution in [0.3, 0.4) is 0 Å². The average molecular weight is 427 g/mol. The first-order chi connectivity index (χ1) is 12.8. The van der Waals surface area contributed by atoms with Gasteiger partial charge in [-0.2, -0.15) is 5.26 Å². The Kier molecular flexibility index (Phi) is 8.93. The zero-order valence-corrected chi connectivity index (χ0v) is 19.6. The molecule has 0 spiro atoms. The van der Waals surface area contributed by atoms with Gasteiger partial charge in [0.2, 0.25) is 0 Å². The summed E-state index contributed by atoms with van der Waals surface area (Å²) in [4.78, 5) is 0. The monoisotopic (exact) mass is 426 g/mol. The Morgan fingerprint density at radius 2 is 1.81 bits per heavy atom. The highest BCUT2D eigenvalue weighted by Gasteiger charge is 2.48. The van der Waals surface area contributed by atoms with Crippen LogP contribution in [-0.4, -0.2) is 34.2 Å². The van der Waals surface area contributed by atoms with Crippen molar-refractivity contribution in [2.75, 3.05) is 6.61 Å². The SMILES string of the molecule is CC(C)N(C(C)C)P(OCCC#N)O[C@H]1[C@H](c2ccccc2)SSC1(C)C.